The zero-order valence-electron chi connectivity index (χ0n) is 21.5. The zero-order valence-corrected chi connectivity index (χ0v) is 23.1. The molecule has 2 atom stereocenters. The Kier molecular flexibility index (Phi) is 10.7. The maximum atomic E-state index is 13.8. The molecule has 36 heavy (non-hydrogen) atoms. The second-order valence-corrected chi connectivity index (χ2v) is 10.3. The molecule has 1 N–H and O–H groups in total. The van der Waals surface area contributed by atoms with Crippen molar-refractivity contribution in [3.05, 3.63) is 106 Å². The van der Waals surface area contributed by atoms with Crippen LogP contribution in [0.5, 0.6) is 0 Å². The summed E-state index contributed by atoms with van der Waals surface area (Å²) in [6.45, 7) is 6.55. The van der Waals surface area contributed by atoms with Crippen LogP contribution in [0.3, 0.4) is 0 Å². The Morgan fingerprint density at radius 2 is 1.53 bits per heavy atom. The van der Waals surface area contributed by atoms with Crippen molar-refractivity contribution in [1.29, 1.82) is 0 Å². The lowest BCUT2D eigenvalue weighted by Gasteiger charge is -2.32. The van der Waals surface area contributed by atoms with Crippen LogP contribution in [0, 0.1) is 0 Å². The summed E-state index contributed by atoms with van der Waals surface area (Å²) in [5, 5.41) is 3.13. The minimum atomic E-state index is -0.602. The van der Waals surface area contributed by atoms with Crippen molar-refractivity contribution in [3.63, 3.8) is 0 Å². The first-order valence-corrected chi connectivity index (χ1v) is 13.6. The molecule has 2 amide bonds. The van der Waals surface area contributed by atoms with Crippen LogP contribution < -0.4 is 5.32 Å². The Balaban J connectivity index is 1.89. The van der Waals surface area contributed by atoms with Gasteiger partial charge in [-0.2, -0.15) is 0 Å². The van der Waals surface area contributed by atoms with E-state index in [1.54, 1.807) is 4.90 Å². The topological polar surface area (TPSA) is 49.4 Å². The van der Waals surface area contributed by atoms with Crippen molar-refractivity contribution in [2.24, 2.45) is 0 Å². The molecule has 0 spiro atoms. The predicted molar refractivity (Wildman–Crippen MR) is 151 cm³/mol. The third kappa shape index (κ3) is 8.34. The van der Waals surface area contributed by atoms with Gasteiger partial charge >= 0.3 is 0 Å². The number of rotatable bonds is 12. The Hall–Kier alpha value is -2.92. The summed E-state index contributed by atoms with van der Waals surface area (Å²) in [7, 11) is 0. The van der Waals surface area contributed by atoms with Gasteiger partial charge in [-0.25, -0.2) is 0 Å². The van der Waals surface area contributed by atoms with Crippen molar-refractivity contribution in [1.82, 2.24) is 10.2 Å². The van der Waals surface area contributed by atoms with Crippen molar-refractivity contribution in [2.75, 3.05) is 0 Å². The lowest BCUT2D eigenvalue weighted by molar-refractivity contribution is -0.141. The van der Waals surface area contributed by atoms with Gasteiger partial charge in [0.2, 0.25) is 11.8 Å². The molecule has 0 saturated heterocycles. The molecule has 0 radical (unpaired) electrons. The molecule has 0 aromatic heterocycles. The standard InChI is InChI=1S/C31H37BrN2O2/c1-4-23(3)33-31(36)29(21-26-10-7-6-8-11-26)34(22-27-12-9-13-28(32)20-27)30(35)19-18-25-16-14-24(5-2)15-17-25/h6-17,20,23,29H,4-5,18-19,21-22H2,1-3H3,(H,33,36)/t23-,29-/m1/s1. The van der Waals surface area contributed by atoms with E-state index in [2.05, 4.69) is 52.4 Å². The van der Waals surface area contributed by atoms with Crippen molar-refractivity contribution in [2.45, 2.75) is 71.5 Å². The van der Waals surface area contributed by atoms with E-state index in [9.17, 15) is 9.59 Å². The van der Waals surface area contributed by atoms with Crippen molar-refractivity contribution in [3.8, 4) is 0 Å². The number of hydrogen-bond donors (Lipinski definition) is 1. The zero-order chi connectivity index (χ0) is 25.9. The summed E-state index contributed by atoms with van der Waals surface area (Å²) in [5.41, 5.74) is 4.43. The van der Waals surface area contributed by atoms with Crippen LogP contribution in [0.4, 0.5) is 0 Å². The highest BCUT2D eigenvalue weighted by molar-refractivity contribution is 9.10. The first-order valence-electron chi connectivity index (χ1n) is 12.9. The van der Waals surface area contributed by atoms with E-state index >= 15 is 0 Å². The second-order valence-electron chi connectivity index (χ2n) is 9.35. The quantitative estimate of drug-likeness (QED) is 0.281. The van der Waals surface area contributed by atoms with E-state index < -0.39 is 6.04 Å². The molecule has 0 unspecified atom stereocenters. The average Bonchev–Trinajstić information content (AvgIpc) is 2.90. The fourth-order valence-corrected chi connectivity index (χ4v) is 4.61. The smallest absolute Gasteiger partial charge is 0.243 e. The minimum absolute atomic E-state index is 0.0187. The van der Waals surface area contributed by atoms with Crippen LogP contribution in [0.1, 0.15) is 55.9 Å². The molecular weight excluding hydrogens is 512 g/mol. The van der Waals surface area contributed by atoms with Crippen LogP contribution in [-0.4, -0.2) is 28.8 Å². The molecule has 0 saturated carbocycles. The van der Waals surface area contributed by atoms with Gasteiger partial charge in [0.1, 0.15) is 6.04 Å². The average molecular weight is 550 g/mol. The number of carbonyl (C=O) groups is 2. The number of amides is 2. The normalized spacial score (nSPS) is 12.6. The molecule has 0 aliphatic rings. The largest absolute Gasteiger partial charge is 0.352 e. The van der Waals surface area contributed by atoms with Crippen molar-refractivity contribution < 1.29 is 9.59 Å². The lowest BCUT2D eigenvalue weighted by Crippen LogP contribution is -2.52. The summed E-state index contributed by atoms with van der Waals surface area (Å²) < 4.78 is 0.951. The van der Waals surface area contributed by atoms with Crippen LogP contribution >= 0.6 is 15.9 Å². The molecular formula is C31H37BrN2O2. The predicted octanol–water partition coefficient (Wildman–Crippen LogP) is 6.50. The molecule has 5 heteroatoms. The van der Waals surface area contributed by atoms with Gasteiger partial charge in [0.05, 0.1) is 0 Å². The van der Waals surface area contributed by atoms with Crippen molar-refractivity contribution >= 4 is 27.7 Å². The third-order valence-corrected chi connectivity index (χ3v) is 7.07. The van der Waals surface area contributed by atoms with Gasteiger partial charge in [-0.1, -0.05) is 96.5 Å². The van der Waals surface area contributed by atoms with Crippen LogP contribution in [-0.2, 0) is 35.4 Å². The SMILES string of the molecule is CCc1ccc(CCC(=O)N(Cc2cccc(Br)c2)[C@H](Cc2ccccc2)C(=O)N[C@H](C)CC)cc1. The third-order valence-electron chi connectivity index (χ3n) is 6.57. The molecule has 0 aliphatic carbocycles. The maximum absolute atomic E-state index is 13.8. The van der Waals surface area contributed by atoms with E-state index in [-0.39, 0.29) is 17.9 Å². The van der Waals surface area contributed by atoms with E-state index in [0.717, 1.165) is 34.0 Å². The number of aryl methyl sites for hydroxylation is 2. The summed E-state index contributed by atoms with van der Waals surface area (Å²) in [6, 6.07) is 25.8. The van der Waals surface area contributed by atoms with Crippen LogP contribution in [0.15, 0.2) is 83.3 Å². The van der Waals surface area contributed by atoms with E-state index in [1.807, 2.05) is 68.4 Å². The number of benzene rings is 3. The summed E-state index contributed by atoms with van der Waals surface area (Å²) in [6.07, 6.45) is 3.28. The number of carbonyl (C=O) groups excluding carboxylic acids is 2. The van der Waals surface area contributed by atoms with Gasteiger partial charge in [0, 0.05) is 29.9 Å². The van der Waals surface area contributed by atoms with Crippen LogP contribution in [0.2, 0.25) is 0 Å². The van der Waals surface area contributed by atoms with E-state index in [0.29, 0.717) is 25.8 Å². The lowest BCUT2D eigenvalue weighted by atomic mass is 10.0. The van der Waals surface area contributed by atoms with E-state index in [4.69, 9.17) is 0 Å². The molecule has 0 heterocycles. The molecule has 0 bridgehead atoms. The van der Waals surface area contributed by atoms with Crippen LogP contribution in [0.25, 0.3) is 0 Å². The molecule has 3 aromatic rings. The Morgan fingerprint density at radius 1 is 0.861 bits per heavy atom. The highest BCUT2D eigenvalue weighted by Crippen LogP contribution is 2.19. The fourth-order valence-electron chi connectivity index (χ4n) is 4.16. The first kappa shape index (κ1) is 27.7. The second kappa shape index (κ2) is 14.0. The number of hydrogen-bond acceptors (Lipinski definition) is 2. The van der Waals surface area contributed by atoms with Gasteiger partial charge in [-0.15, -0.1) is 0 Å². The fraction of sp³-hybridized carbons (Fsp3) is 0.355. The molecule has 3 rings (SSSR count). The molecule has 0 aliphatic heterocycles. The highest BCUT2D eigenvalue weighted by Gasteiger charge is 2.30. The number of nitrogens with zero attached hydrogens (tertiary/aromatic N) is 1. The summed E-state index contributed by atoms with van der Waals surface area (Å²) in [5.74, 6) is -0.126. The summed E-state index contributed by atoms with van der Waals surface area (Å²) >= 11 is 3.54. The Morgan fingerprint density at radius 3 is 2.17 bits per heavy atom. The molecule has 0 fully saturated rings. The van der Waals surface area contributed by atoms with Gasteiger partial charge in [-0.3, -0.25) is 9.59 Å². The monoisotopic (exact) mass is 548 g/mol. The minimum Gasteiger partial charge on any atom is -0.352 e. The molecule has 3 aromatic carbocycles. The first-order chi connectivity index (χ1) is 17.4. The Bertz CT molecular complexity index is 1110. The number of halogens is 1. The van der Waals surface area contributed by atoms with Gasteiger partial charge in [-0.05, 0) is 60.6 Å². The summed E-state index contributed by atoms with van der Waals surface area (Å²) in [4.78, 5) is 29.1. The van der Waals surface area contributed by atoms with Gasteiger partial charge < -0.3 is 10.2 Å². The highest BCUT2D eigenvalue weighted by atomic mass is 79.9. The maximum Gasteiger partial charge on any atom is 0.243 e. The molecule has 190 valence electrons. The number of nitrogens with one attached hydrogen (secondary N) is 1. The van der Waals surface area contributed by atoms with E-state index in [1.165, 1.54) is 5.56 Å². The van der Waals surface area contributed by atoms with Gasteiger partial charge in [0.25, 0.3) is 0 Å². The molecule has 4 nitrogen and oxygen atoms in total. The van der Waals surface area contributed by atoms with Gasteiger partial charge in [0.15, 0.2) is 0 Å². The Labute approximate surface area is 224 Å².